The van der Waals surface area contributed by atoms with Gasteiger partial charge in [0, 0.05) is 12.5 Å². The number of hydrogen-bond acceptors (Lipinski definition) is 5. The predicted molar refractivity (Wildman–Crippen MR) is 124 cm³/mol. The first-order valence-corrected chi connectivity index (χ1v) is 11.8. The first kappa shape index (κ1) is 21.9. The van der Waals surface area contributed by atoms with Gasteiger partial charge in [-0.2, -0.15) is 0 Å². The molecule has 1 unspecified atom stereocenters. The summed E-state index contributed by atoms with van der Waals surface area (Å²) in [5, 5.41) is 13.4. The predicted octanol–water partition coefficient (Wildman–Crippen LogP) is 3.36. The van der Waals surface area contributed by atoms with Gasteiger partial charge in [-0.3, -0.25) is 0 Å². The van der Waals surface area contributed by atoms with Gasteiger partial charge in [0.1, 0.15) is 5.82 Å². The van der Waals surface area contributed by atoms with E-state index in [4.69, 9.17) is 15.2 Å². The minimum atomic E-state index is -3.76. The lowest BCUT2D eigenvalue weighted by Crippen LogP contribution is -2.19. The number of rotatable bonds is 8. The molecule has 0 aliphatic heterocycles. The first-order valence-electron chi connectivity index (χ1n) is 10.3. The lowest BCUT2D eigenvalue weighted by atomic mass is 10.1. The van der Waals surface area contributed by atoms with Crippen molar-refractivity contribution in [3.63, 3.8) is 0 Å². The Balaban J connectivity index is 1.61. The van der Waals surface area contributed by atoms with E-state index in [-0.39, 0.29) is 10.9 Å². The van der Waals surface area contributed by atoms with E-state index in [2.05, 4.69) is 24.4 Å². The highest BCUT2D eigenvalue weighted by molar-refractivity contribution is 7.89. The van der Waals surface area contributed by atoms with Crippen molar-refractivity contribution in [2.24, 2.45) is 5.14 Å². The molecule has 4 rings (SSSR count). The number of benzene rings is 3. The van der Waals surface area contributed by atoms with Crippen LogP contribution in [0.5, 0.6) is 0 Å². The molecule has 0 amide bonds. The number of nitrogens with two attached hydrogens (primary N) is 1. The van der Waals surface area contributed by atoms with Gasteiger partial charge in [-0.25, -0.2) is 23.2 Å². The molecular formula is C24H25N5O2S. The smallest absolute Gasteiger partial charge is 0.238 e. The van der Waals surface area contributed by atoms with E-state index < -0.39 is 10.0 Å². The molecule has 0 saturated heterocycles. The summed E-state index contributed by atoms with van der Waals surface area (Å²) >= 11 is 0. The molecule has 0 bridgehead atoms. The zero-order chi connectivity index (χ0) is 22.6. The molecule has 7 nitrogen and oxygen atoms in total. The van der Waals surface area contributed by atoms with E-state index >= 15 is 0 Å². The normalized spacial score (nSPS) is 12.6. The lowest BCUT2D eigenvalue weighted by Gasteiger charge is -2.12. The van der Waals surface area contributed by atoms with Crippen molar-refractivity contribution in [2.75, 3.05) is 0 Å². The van der Waals surface area contributed by atoms with Crippen molar-refractivity contribution in [3.8, 4) is 5.69 Å². The van der Waals surface area contributed by atoms with Gasteiger partial charge in [-0.15, -0.1) is 5.10 Å². The zero-order valence-electron chi connectivity index (χ0n) is 17.7. The summed E-state index contributed by atoms with van der Waals surface area (Å²) in [6, 6.07) is 26.7. The van der Waals surface area contributed by atoms with Gasteiger partial charge < -0.3 is 5.32 Å². The maximum atomic E-state index is 11.6. The first-order chi connectivity index (χ1) is 15.4. The summed E-state index contributed by atoms with van der Waals surface area (Å²) in [6.45, 7) is 2.60. The maximum absolute atomic E-state index is 11.6. The van der Waals surface area contributed by atoms with Crippen LogP contribution in [0.2, 0.25) is 0 Å². The van der Waals surface area contributed by atoms with Crippen LogP contribution >= 0.6 is 0 Å². The van der Waals surface area contributed by atoms with Crippen LogP contribution in [0.25, 0.3) is 5.69 Å². The second-order valence-corrected chi connectivity index (χ2v) is 9.13. The minimum Gasteiger partial charge on any atom is -0.303 e. The van der Waals surface area contributed by atoms with E-state index in [9.17, 15) is 8.42 Å². The molecule has 164 valence electrons. The number of nitrogens with one attached hydrogen (secondary N) is 1. The fourth-order valence-electron chi connectivity index (χ4n) is 3.45. The Hall–Kier alpha value is -3.33. The zero-order valence-corrected chi connectivity index (χ0v) is 18.5. The van der Waals surface area contributed by atoms with Crippen LogP contribution in [-0.4, -0.2) is 23.2 Å². The van der Waals surface area contributed by atoms with Crippen molar-refractivity contribution < 1.29 is 8.42 Å². The Bertz CT molecular complexity index is 1270. The number of sulfonamides is 1. The van der Waals surface area contributed by atoms with Crippen LogP contribution in [0.15, 0.2) is 89.8 Å². The molecule has 4 aromatic rings. The van der Waals surface area contributed by atoms with Crippen LogP contribution in [0, 0.1) is 0 Å². The molecule has 0 saturated carbocycles. The standard InChI is InChI=1S/C24H25N5O2S/c1-18(20-10-6-3-7-11-20)26-17-23-27-24(16-19-8-4-2-5-9-19)29(28-23)21-12-14-22(15-13-21)32(25,30)31/h2-15,18,26H,16-17H2,1H3,(H2,25,30,31). The van der Waals surface area contributed by atoms with Crippen molar-refractivity contribution >= 4 is 10.0 Å². The third-order valence-corrected chi connectivity index (χ3v) is 6.13. The Morgan fingerprint density at radius 2 is 1.56 bits per heavy atom. The van der Waals surface area contributed by atoms with Crippen molar-refractivity contribution in [1.82, 2.24) is 20.1 Å². The van der Waals surface area contributed by atoms with Crippen LogP contribution in [0.1, 0.15) is 35.7 Å². The number of hydrogen-bond donors (Lipinski definition) is 2. The Labute approximate surface area is 188 Å². The maximum Gasteiger partial charge on any atom is 0.238 e. The summed E-state index contributed by atoms with van der Waals surface area (Å²) in [7, 11) is -3.76. The highest BCUT2D eigenvalue weighted by Gasteiger charge is 2.15. The second-order valence-electron chi connectivity index (χ2n) is 7.57. The molecule has 32 heavy (non-hydrogen) atoms. The Morgan fingerprint density at radius 1 is 0.938 bits per heavy atom. The Morgan fingerprint density at radius 3 is 2.19 bits per heavy atom. The number of nitrogens with zero attached hydrogens (tertiary/aromatic N) is 3. The molecular weight excluding hydrogens is 422 g/mol. The molecule has 1 heterocycles. The lowest BCUT2D eigenvalue weighted by molar-refractivity contribution is 0.558. The van der Waals surface area contributed by atoms with E-state index in [1.807, 2.05) is 48.5 Å². The van der Waals surface area contributed by atoms with E-state index in [1.165, 1.54) is 17.7 Å². The van der Waals surface area contributed by atoms with Crippen molar-refractivity contribution in [1.29, 1.82) is 0 Å². The summed E-state index contributed by atoms with van der Waals surface area (Å²) in [5.74, 6) is 1.43. The monoisotopic (exact) mass is 447 g/mol. The van der Waals surface area contributed by atoms with Crippen molar-refractivity contribution in [3.05, 3.63) is 108 Å². The van der Waals surface area contributed by atoms with E-state index in [0.717, 1.165) is 17.1 Å². The number of primary sulfonamides is 1. The van der Waals surface area contributed by atoms with Crippen molar-refractivity contribution in [2.45, 2.75) is 30.8 Å². The average molecular weight is 448 g/mol. The van der Waals surface area contributed by atoms with Gasteiger partial charge in [-0.05, 0) is 42.3 Å². The fourth-order valence-corrected chi connectivity index (χ4v) is 3.96. The molecule has 0 radical (unpaired) electrons. The molecule has 1 aromatic heterocycles. The quantitative estimate of drug-likeness (QED) is 0.431. The summed E-state index contributed by atoms with van der Waals surface area (Å²) in [4.78, 5) is 4.82. The Kier molecular flexibility index (Phi) is 6.45. The molecule has 0 fully saturated rings. The highest BCUT2D eigenvalue weighted by atomic mass is 32.2. The van der Waals surface area contributed by atoms with E-state index in [0.29, 0.717) is 18.8 Å². The SMILES string of the molecule is CC(NCc1nc(Cc2ccccc2)n(-c2ccc(S(N)(=O)=O)cc2)n1)c1ccccc1. The van der Waals surface area contributed by atoms with Crippen LogP contribution in [-0.2, 0) is 23.0 Å². The average Bonchev–Trinajstić information content (AvgIpc) is 3.21. The molecule has 0 aliphatic carbocycles. The van der Waals surface area contributed by atoms with Crippen LogP contribution < -0.4 is 10.5 Å². The highest BCUT2D eigenvalue weighted by Crippen LogP contribution is 2.17. The summed E-state index contributed by atoms with van der Waals surface area (Å²) < 4.78 is 24.9. The minimum absolute atomic E-state index is 0.0598. The van der Waals surface area contributed by atoms with Gasteiger partial charge in [0.25, 0.3) is 0 Å². The topological polar surface area (TPSA) is 103 Å². The van der Waals surface area contributed by atoms with Gasteiger partial charge in [-0.1, -0.05) is 60.7 Å². The fraction of sp³-hybridized carbons (Fsp3) is 0.167. The van der Waals surface area contributed by atoms with Gasteiger partial charge in [0.15, 0.2) is 5.82 Å². The molecule has 0 aliphatic rings. The summed E-state index contributed by atoms with van der Waals surface area (Å²) in [6.07, 6.45) is 0.596. The van der Waals surface area contributed by atoms with Crippen LogP contribution in [0.4, 0.5) is 0 Å². The third kappa shape index (κ3) is 5.28. The molecule has 1 atom stereocenters. The molecule has 0 spiro atoms. The molecule has 3 N–H and O–H groups in total. The van der Waals surface area contributed by atoms with Gasteiger partial charge in [0.2, 0.25) is 10.0 Å². The largest absolute Gasteiger partial charge is 0.303 e. The third-order valence-electron chi connectivity index (χ3n) is 5.20. The van der Waals surface area contributed by atoms with Gasteiger partial charge >= 0.3 is 0 Å². The van der Waals surface area contributed by atoms with Crippen LogP contribution in [0.3, 0.4) is 0 Å². The number of aromatic nitrogens is 3. The second kappa shape index (κ2) is 9.44. The summed E-state index contributed by atoms with van der Waals surface area (Å²) in [5.41, 5.74) is 3.02. The molecule has 8 heteroatoms. The van der Waals surface area contributed by atoms with Gasteiger partial charge in [0.05, 0.1) is 17.1 Å². The molecule has 3 aromatic carbocycles. The van der Waals surface area contributed by atoms with E-state index in [1.54, 1.807) is 16.8 Å².